The Morgan fingerprint density at radius 1 is 0.708 bits per heavy atom. The largest absolute Gasteiger partial charge is 0.490 e. The van der Waals surface area contributed by atoms with Gasteiger partial charge in [0.15, 0.2) is 11.5 Å². The monoisotopic (exact) mass is 336 g/mol. The van der Waals surface area contributed by atoms with E-state index in [1.165, 1.54) is 5.56 Å². The van der Waals surface area contributed by atoms with E-state index in [0.29, 0.717) is 12.5 Å². The summed E-state index contributed by atoms with van der Waals surface area (Å²) in [7, 11) is 0. The average Bonchev–Trinajstić information content (AvgIpc) is 2.56. The Hall–Kier alpha value is -1.38. The van der Waals surface area contributed by atoms with Crippen molar-refractivity contribution >= 4 is 0 Å². The zero-order chi connectivity index (χ0) is 17.8. The van der Waals surface area contributed by atoms with Crippen molar-refractivity contribution in [1.29, 1.82) is 0 Å². The van der Waals surface area contributed by atoms with Gasteiger partial charge in [-0.15, -0.1) is 0 Å². The summed E-state index contributed by atoms with van der Waals surface area (Å²) in [6.45, 7) is 13.0. The van der Waals surface area contributed by atoms with E-state index in [1.54, 1.807) is 0 Å². The standard InChI is InChI=1S/C21H36O3/c1-6-9-12-22-19-15-18(17(4)5)16-20(23-13-10-7-2)21(19)24-14-11-8-3/h15-17H,6-14H2,1-5H3. The van der Waals surface area contributed by atoms with Gasteiger partial charge >= 0.3 is 0 Å². The number of ether oxygens (including phenoxy) is 3. The highest BCUT2D eigenvalue weighted by molar-refractivity contribution is 5.54. The van der Waals surface area contributed by atoms with Crippen molar-refractivity contribution in [2.24, 2.45) is 0 Å². The van der Waals surface area contributed by atoms with Crippen LogP contribution in [-0.2, 0) is 0 Å². The van der Waals surface area contributed by atoms with Crippen LogP contribution in [0.25, 0.3) is 0 Å². The lowest BCUT2D eigenvalue weighted by molar-refractivity contribution is 0.236. The quantitative estimate of drug-likeness (QED) is 0.393. The molecule has 0 saturated heterocycles. The molecule has 0 amide bonds. The molecule has 0 aliphatic rings. The molecule has 0 saturated carbocycles. The third-order valence-electron chi connectivity index (χ3n) is 3.96. The van der Waals surface area contributed by atoms with Crippen LogP contribution in [0.3, 0.4) is 0 Å². The molecule has 3 nitrogen and oxygen atoms in total. The maximum absolute atomic E-state index is 6.05. The normalized spacial score (nSPS) is 10.9. The summed E-state index contributed by atoms with van der Waals surface area (Å²) in [5.41, 5.74) is 1.23. The molecule has 138 valence electrons. The third kappa shape index (κ3) is 7.02. The minimum Gasteiger partial charge on any atom is -0.490 e. The minimum atomic E-state index is 0.428. The molecule has 0 radical (unpaired) electrons. The van der Waals surface area contributed by atoms with Crippen molar-refractivity contribution in [3.8, 4) is 17.2 Å². The molecule has 0 fully saturated rings. The molecule has 0 heterocycles. The summed E-state index contributed by atoms with van der Waals surface area (Å²) in [6.07, 6.45) is 6.49. The van der Waals surface area contributed by atoms with Gasteiger partial charge in [0.05, 0.1) is 19.8 Å². The van der Waals surface area contributed by atoms with Crippen LogP contribution in [0.1, 0.15) is 84.6 Å². The highest BCUT2D eigenvalue weighted by Gasteiger charge is 2.17. The molecule has 0 aromatic heterocycles. The minimum absolute atomic E-state index is 0.428. The molecule has 0 aliphatic carbocycles. The maximum atomic E-state index is 6.05. The van der Waals surface area contributed by atoms with Gasteiger partial charge in [0, 0.05) is 0 Å². The van der Waals surface area contributed by atoms with Gasteiger partial charge in [-0.2, -0.15) is 0 Å². The molecule has 1 rings (SSSR count). The van der Waals surface area contributed by atoms with Gasteiger partial charge in [0.2, 0.25) is 5.75 Å². The smallest absolute Gasteiger partial charge is 0.203 e. The van der Waals surface area contributed by atoms with E-state index in [2.05, 4.69) is 46.8 Å². The van der Waals surface area contributed by atoms with E-state index in [-0.39, 0.29) is 0 Å². The van der Waals surface area contributed by atoms with Gasteiger partial charge in [-0.25, -0.2) is 0 Å². The van der Waals surface area contributed by atoms with Crippen LogP contribution < -0.4 is 14.2 Å². The Labute approximate surface area is 148 Å². The Morgan fingerprint density at radius 2 is 1.12 bits per heavy atom. The number of hydrogen-bond acceptors (Lipinski definition) is 3. The van der Waals surface area contributed by atoms with Crippen LogP contribution >= 0.6 is 0 Å². The Balaban J connectivity index is 3.06. The van der Waals surface area contributed by atoms with Crippen LogP contribution in [0.4, 0.5) is 0 Å². The first-order valence-corrected chi connectivity index (χ1v) is 9.70. The van der Waals surface area contributed by atoms with E-state index in [1.807, 2.05) is 0 Å². The first-order chi connectivity index (χ1) is 11.6. The van der Waals surface area contributed by atoms with Crippen LogP contribution in [-0.4, -0.2) is 19.8 Å². The summed E-state index contributed by atoms with van der Waals surface area (Å²) in [6, 6.07) is 4.24. The summed E-state index contributed by atoms with van der Waals surface area (Å²) in [4.78, 5) is 0. The fourth-order valence-electron chi connectivity index (χ4n) is 2.26. The van der Waals surface area contributed by atoms with Gasteiger partial charge in [0.1, 0.15) is 0 Å². The lowest BCUT2D eigenvalue weighted by atomic mass is 10.0. The topological polar surface area (TPSA) is 27.7 Å². The molecule has 24 heavy (non-hydrogen) atoms. The van der Waals surface area contributed by atoms with E-state index >= 15 is 0 Å². The first kappa shape index (κ1) is 20.7. The Kier molecular flexibility index (Phi) is 10.4. The third-order valence-corrected chi connectivity index (χ3v) is 3.96. The Bertz CT molecular complexity index is 423. The van der Waals surface area contributed by atoms with Crippen molar-refractivity contribution in [2.75, 3.05) is 19.8 Å². The van der Waals surface area contributed by atoms with E-state index in [4.69, 9.17) is 14.2 Å². The second kappa shape index (κ2) is 12.0. The Morgan fingerprint density at radius 3 is 1.50 bits per heavy atom. The second-order valence-corrected chi connectivity index (χ2v) is 6.61. The average molecular weight is 337 g/mol. The maximum Gasteiger partial charge on any atom is 0.203 e. The van der Waals surface area contributed by atoms with E-state index < -0.39 is 0 Å². The number of hydrogen-bond donors (Lipinski definition) is 0. The van der Waals surface area contributed by atoms with Gasteiger partial charge in [-0.3, -0.25) is 0 Å². The number of unbranched alkanes of at least 4 members (excludes halogenated alkanes) is 3. The van der Waals surface area contributed by atoms with Gasteiger partial charge < -0.3 is 14.2 Å². The zero-order valence-electron chi connectivity index (χ0n) is 16.3. The van der Waals surface area contributed by atoms with Crippen molar-refractivity contribution in [3.05, 3.63) is 17.7 Å². The molecule has 0 unspecified atom stereocenters. The summed E-state index contributed by atoms with van der Waals surface area (Å²) < 4.78 is 18.1. The van der Waals surface area contributed by atoms with Crippen molar-refractivity contribution in [3.63, 3.8) is 0 Å². The van der Waals surface area contributed by atoms with Crippen molar-refractivity contribution < 1.29 is 14.2 Å². The predicted octanol–water partition coefficient (Wildman–Crippen LogP) is 6.35. The van der Waals surface area contributed by atoms with Crippen molar-refractivity contribution in [1.82, 2.24) is 0 Å². The molecule has 0 N–H and O–H groups in total. The van der Waals surface area contributed by atoms with Crippen LogP contribution in [0.15, 0.2) is 12.1 Å². The molecular formula is C21H36O3. The highest BCUT2D eigenvalue weighted by atomic mass is 16.5. The zero-order valence-corrected chi connectivity index (χ0v) is 16.3. The molecule has 1 aromatic carbocycles. The number of rotatable bonds is 13. The van der Waals surface area contributed by atoms with E-state index in [9.17, 15) is 0 Å². The fourth-order valence-corrected chi connectivity index (χ4v) is 2.26. The summed E-state index contributed by atoms with van der Waals surface area (Å²) in [5, 5.41) is 0. The molecule has 0 atom stereocenters. The van der Waals surface area contributed by atoms with Crippen LogP contribution in [0, 0.1) is 0 Å². The van der Waals surface area contributed by atoms with Crippen LogP contribution in [0.2, 0.25) is 0 Å². The fraction of sp³-hybridized carbons (Fsp3) is 0.714. The molecule has 0 bridgehead atoms. The van der Waals surface area contributed by atoms with Gasteiger partial charge in [-0.1, -0.05) is 53.9 Å². The summed E-state index contributed by atoms with van der Waals surface area (Å²) in [5.74, 6) is 2.87. The second-order valence-electron chi connectivity index (χ2n) is 6.61. The molecule has 1 aromatic rings. The SMILES string of the molecule is CCCCOc1cc(C(C)C)cc(OCCCC)c1OCCCC. The molecule has 0 spiro atoms. The predicted molar refractivity (Wildman–Crippen MR) is 102 cm³/mol. The van der Waals surface area contributed by atoms with Crippen LogP contribution in [0.5, 0.6) is 17.2 Å². The molecular weight excluding hydrogens is 300 g/mol. The molecule has 3 heteroatoms. The molecule has 0 aliphatic heterocycles. The van der Waals surface area contributed by atoms with Gasteiger partial charge in [0.25, 0.3) is 0 Å². The van der Waals surface area contributed by atoms with Gasteiger partial charge in [-0.05, 0) is 42.9 Å². The highest BCUT2D eigenvalue weighted by Crippen LogP contribution is 2.41. The van der Waals surface area contributed by atoms with E-state index in [0.717, 1.165) is 69.0 Å². The van der Waals surface area contributed by atoms with Crippen molar-refractivity contribution in [2.45, 2.75) is 79.1 Å². The first-order valence-electron chi connectivity index (χ1n) is 9.70. The summed E-state index contributed by atoms with van der Waals surface area (Å²) >= 11 is 0. The lowest BCUT2D eigenvalue weighted by Gasteiger charge is -2.19. The lowest BCUT2D eigenvalue weighted by Crippen LogP contribution is -2.07. The number of benzene rings is 1.